The van der Waals surface area contributed by atoms with Crippen molar-refractivity contribution in [2.45, 2.75) is 24.8 Å². The number of hydrogen-bond acceptors (Lipinski definition) is 4. The van der Waals surface area contributed by atoms with Crippen molar-refractivity contribution in [3.8, 4) is 0 Å². The Kier molecular flexibility index (Phi) is 3.63. The molecule has 94 valence electrons. The second-order valence-electron chi connectivity index (χ2n) is 4.05. The Balaban J connectivity index is 2.18. The Hall–Kier alpha value is -1.14. The zero-order valence-electron chi connectivity index (χ0n) is 9.89. The molecule has 1 N–H and O–H groups in total. The number of nitrogens with zero attached hydrogens (tertiary/aromatic N) is 2. The van der Waals surface area contributed by atoms with Gasteiger partial charge in [0.25, 0.3) is 10.0 Å². The van der Waals surface area contributed by atoms with Crippen LogP contribution >= 0.6 is 0 Å². The first-order valence-corrected chi connectivity index (χ1v) is 7.32. The highest BCUT2D eigenvalue weighted by molar-refractivity contribution is 7.89. The van der Waals surface area contributed by atoms with Gasteiger partial charge in [0.15, 0.2) is 5.03 Å². The lowest BCUT2D eigenvalue weighted by Crippen LogP contribution is -2.24. The van der Waals surface area contributed by atoms with E-state index in [0.717, 1.165) is 18.8 Å². The zero-order chi connectivity index (χ0) is 12.3. The maximum atomic E-state index is 11.7. The molecular weight excluding hydrogens is 238 g/mol. The van der Waals surface area contributed by atoms with Crippen molar-refractivity contribution >= 4 is 15.7 Å². The summed E-state index contributed by atoms with van der Waals surface area (Å²) in [7, 11) is -3.43. The van der Waals surface area contributed by atoms with Gasteiger partial charge in [0.05, 0.1) is 11.9 Å². The summed E-state index contributed by atoms with van der Waals surface area (Å²) >= 11 is 0. The van der Waals surface area contributed by atoms with E-state index in [4.69, 9.17) is 0 Å². The molecule has 1 fully saturated rings. The van der Waals surface area contributed by atoms with Crippen LogP contribution in [0.15, 0.2) is 23.4 Å². The minimum absolute atomic E-state index is 0.0855. The average Bonchev–Trinajstić information content (AvgIpc) is 2.82. The summed E-state index contributed by atoms with van der Waals surface area (Å²) in [5.41, 5.74) is 0.998. The lowest BCUT2D eigenvalue weighted by atomic mass is 10.4. The summed E-state index contributed by atoms with van der Waals surface area (Å²) in [4.78, 5) is 6.24. The van der Waals surface area contributed by atoms with E-state index >= 15 is 0 Å². The predicted molar refractivity (Wildman–Crippen MR) is 66.5 cm³/mol. The van der Waals surface area contributed by atoms with Crippen molar-refractivity contribution in [2.24, 2.45) is 0 Å². The van der Waals surface area contributed by atoms with Crippen LogP contribution in [0.3, 0.4) is 0 Å². The Morgan fingerprint density at radius 3 is 2.59 bits per heavy atom. The molecule has 0 spiro atoms. The van der Waals surface area contributed by atoms with Crippen molar-refractivity contribution in [3.05, 3.63) is 18.3 Å². The van der Waals surface area contributed by atoms with Gasteiger partial charge in [0, 0.05) is 19.6 Å². The normalized spacial score (nSPS) is 16.4. The Morgan fingerprint density at radius 1 is 1.35 bits per heavy atom. The summed E-state index contributed by atoms with van der Waals surface area (Å²) in [5.74, 6) is 0. The molecule has 0 bridgehead atoms. The summed E-state index contributed by atoms with van der Waals surface area (Å²) in [5, 5.41) is 0.0855. The quantitative estimate of drug-likeness (QED) is 0.871. The van der Waals surface area contributed by atoms with Gasteiger partial charge in [-0.3, -0.25) is 0 Å². The van der Waals surface area contributed by atoms with Gasteiger partial charge in [0.2, 0.25) is 0 Å². The van der Waals surface area contributed by atoms with E-state index in [0.29, 0.717) is 6.54 Å². The molecule has 1 aliphatic heterocycles. The van der Waals surface area contributed by atoms with Gasteiger partial charge in [0.1, 0.15) is 0 Å². The van der Waals surface area contributed by atoms with Crippen LogP contribution in [-0.2, 0) is 10.0 Å². The third kappa shape index (κ3) is 2.76. The standard InChI is InChI=1S/C11H17N3O2S/c1-2-13-17(15,16)11-6-5-10(9-12-11)14-7-3-4-8-14/h5-6,9,13H,2-4,7-8H2,1H3. The topological polar surface area (TPSA) is 62.3 Å². The molecule has 17 heavy (non-hydrogen) atoms. The summed E-state index contributed by atoms with van der Waals surface area (Å²) in [6.45, 7) is 4.18. The molecule has 0 saturated carbocycles. The van der Waals surface area contributed by atoms with Gasteiger partial charge in [-0.2, -0.15) is 0 Å². The number of hydrogen-bond donors (Lipinski definition) is 1. The molecule has 0 amide bonds. The van der Waals surface area contributed by atoms with E-state index in [2.05, 4.69) is 14.6 Å². The Bertz CT molecular complexity index is 464. The Morgan fingerprint density at radius 2 is 2.06 bits per heavy atom. The number of nitrogens with one attached hydrogen (secondary N) is 1. The predicted octanol–water partition coefficient (Wildman–Crippen LogP) is 0.980. The van der Waals surface area contributed by atoms with Crippen LogP contribution < -0.4 is 9.62 Å². The molecule has 0 unspecified atom stereocenters. The lowest BCUT2D eigenvalue weighted by Gasteiger charge is -2.17. The van der Waals surface area contributed by atoms with Crippen LogP contribution in [0.4, 0.5) is 5.69 Å². The summed E-state index contributed by atoms with van der Waals surface area (Å²) in [6.07, 6.45) is 4.02. The van der Waals surface area contributed by atoms with Gasteiger partial charge in [-0.05, 0) is 25.0 Å². The fourth-order valence-corrected chi connectivity index (χ4v) is 2.92. The molecule has 0 atom stereocenters. The average molecular weight is 255 g/mol. The van der Waals surface area contributed by atoms with Gasteiger partial charge in [-0.15, -0.1) is 0 Å². The van der Waals surface area contributed by atoms with Crippen LogP contribution in [0, 0.1) is 0 Å². The zero-order valence-corrected chi connectivity index (χ0v) is 10.7. The monoisotopic (exact) mass is 255 g/mol. The van der Waals surface area contributed by atoms with Gasteiger partial charge in [-0.25, -0.2) is 18.1 Å². The van der Waals surface area contributed by atoms with Gasteiger partial charge < -0.3 is 4.90 Å². The maximum Gasteiger partial charge on any atom is 0.258 e. The van der Waals surface area contributed by atoms with Crippen LogP contribution in [0.5, 0.6) is 0 Å². The molecule has 2 rings (SSSR count). The van der Waals surface area contributed by atoms with Crippen LogP contribution in [-0.4, -0.2) is 33.0 Å². The Labute approximate surface area is 102 Å². The lowest BCUT2D eigenvalue weighted by molar-refractivity contribution is 0.580. The fourth-order valence-electron chi connectivity index (χ4n) is 1.96. The molecule has 2 heterocycles. The van der Waals surface area contributed by atoms with Crippen LogP contribution in [0.1, 0.15) is 19.8 Å². The summed E-state index contributed by atoms with van der Waals surface area (Å²) in [6, 6.07) is 3.38. The first-order chi connectivity index (χ1) is 8.13. The summed E-state index contributed by atoms with van der Waals surface area (Å²) < 4.78 is 25.8. The number of aromatic nitrogens is 1. The molecule has 0 radical (unpaired) electrons. The van der Waals surface area contributed by atoms with E-state index in [1.165, 1.54) is 12.8 Å². The van der Waals surface area contributed by atoms with E-state index in [-0.39, 0.29) is 5.03 Å². The highest BCUT2D eigenvalue weighted by Crippen LogP contribution is 2.19. The van der Waals surface area contributed by atoms with Crippen LogP contribution in [0.2, 0.25) is 0 Å². The first-order valence-electron chi connectivity index (χ1n) is 5.84. The second-order valence-corrected chi connectivity index (χ2v) is 5.76. The smallest absolute Gasteiger partial charge is 0.258 e. The molecule has 0 aromatic carbocycles. The number of rotatable bonds is 4. The minimum atomic E-state index is -3.43. The molecule has 1 aromatic heterocycles. The van der Waals surface area contributed by atoms with Gasteiger partial charge in [-0.1, -0.05) is 6.92 Å². The second kappa shape index (κ2) is 5.01. The third-order valence-electron chi connectivity index (χ3n) is 2.80. The van der Waals surface area contributed by atoms with E-state index in [1.54, 1.807) is 19.2 Å². The molecular formula is C11H17N3O2S. The maximum absolute atomic E-state index is 11.7. The van der Waals surface area contributed by atoms with Gasteiger partial charge >= 0.3 is 0 Å². The van der Waals surface area contributed by atoms with E-state index in [1.807, 2.05) is 6.07 Å². The third-order valence-corrected chi connectivity index (χ3v) is 4.26. The molecule has 1 saturated heterocycles. The van der Waals surface area contributed by atoms with Crippen molar-refractivity contribution in [1.82, 2.24) is 9.71 Å². The van der Waals surface area contributed by atoms with E-state index in [9.17, 15) is 8.42 Å². The number of sulfonamides is 1. The van der Waals surface area contributed by atoms with E-state index < -0.39 is 10.0 Å². The highest BCUT2D eigenvalue weighted by atomic mass is 32.2. The minimum Gasteiger partial charge on any atom is -0.370 e. The van der Waals surface area contributed by atoms with Crippen molar-refractivity contribution in [1.29, 1.82) is 0 Å². The van der Waals surface area contributed by atoms with Crippen molar-refractivity contribution in [3.63, 3.8) is 0 Å². The molecule has 6 heteroatoms. The van der Waals surface area contributed by atoms with Crippen molar-refractivity contribution < 1.29 is 8.42 Å². The molecule has 5 nitrogen and oxygen atoms in total. The van der Waals surface area contributed by atoms with Crippen molar-refractivity contribution in [2.75, 3.05) is 24.5 Å². The number of pyridine rings is 1. The number of anilines is 1. The molecule has 1 aromatic rings. The highest BCUT2D eigenvalue weighted by Gasteiger charge is 2.16. The molecule has 0 aliphatic carbocycles. The molecule has 1 aliphatic rings. The SMILES string of the molecule is CCNS(=O)(=O)c1ccc(N2CCCC2)cn1. The first kappa shape index (κ1) is 12.3. The van der Waals surface area contributed by atoms with Crippen LogP contribution in [0.25, 0.3) is 0 Å². The fraction of sp³-hybridized carbons (Fsp3) is 0.545. The largest absolute Gasteiger partial charge is 0.370 e.